The quantitative estimate of drug-likeness (QED) is 0.590. The summed E-state index contributed by atoms with van der Waals surface area (Å²) in [4.78, 5) is 0. The first-order valence-corrected chi connectivity index (χ1v) is 5.37. The SMILES string of the molecule is Cc1c(CN)cc(N)cc1OS(=O)(=O)F. The molecule has 0 radical (unpaired) electrons. The van der Waals surface area contributed by atoms with E-state index < -0.39 is 10.5 Å². The molecule has 15 heavy (non-hydrogen) atoms. The highest BCUT2D eigenvalue weighted by Crippen LogP contribution is 2.26. The van der Waals surface area contributed by atoms with Crippen molar-refractivity contribution in [3.63, 3.8) is 0 Å². The second kappa shape index (κ2) is 4.03. The van der Waals surface area contributed by atoms with Crippen molar-refractivity contribution in [2.45, 2.75) is 13.5 Å². The van der Waals surface area contributed by atoms with Crippen LogP contribution in [0, 0.1) is 6.92 Å². The first-order chi connectivity index (χ1) is 6.83. The molecule has 0 atom stereocenters. The predicted molar refractivity (Wildman–Crippen MR) is 54.1 cm³/mol. The van der Waals surface area contributed by atoms with Gasteiger partial charge in [-0.1, -0.05) is 3.89 Å². The number of hydrogen-bond donors (Lipinski definition) is 2. The average Bonchev–Trinajstić information content (AvgIpc) is 2.08. The van der Waals surface area contributed by atoms with E-state index in [0.29, 0.717) is 11.1 Å². The molecule has 0 saturated carbocycles. The van der Waals surface area contributed by atoms with Crippen LogP contribution in [0.1, 0.15) is 11.1 Å². The summed E-state index contributed by atoms with van der Waals surface area (Å²) < 4.78 is 37.0. The lowest BCUT2D eigenvalue weighted by Gasteiger charge is -2.09. The van der Waals surface area contributed by atoms with E-state index in [9.17, 15) is 12.3 Å². The van der Waals surface area contributed by atoms with Crippen LogP contribution in [-0.2, 0) is 17.0 Å². The normalized spacial score (nSPS) is 11.4. The Bertz CT molecular complexity index is 473. The topological polar surface area (TPSA) is 95.4 Å². The Morgan fingerprint density at radius 1 is 1.47 bits per heavy atom. The Kier molecular flexibility index (Phi) is 3.15. The Morgan fingerprint density at radius 2 is 2.07 bits per heavy atom. The molecule has 0 amide bonds. The lowest BCUT2D eigenvalue weighted by atomic mass is 10.1. The largest absolute Gasteiger partial charge is 0.488 e. The molecule has 7 heteroatoms. The monoisotopic (exact) mass is 234 g/mol. The zero-order valence-electron chi connectivity index (χ0n) is 8.03. The maximum absolute atomic E-state index is 12.3. The fourth-order valence-electron chi connectivity index (χ4n) is 1.17. The zero-order valence-corrected chi connectivity index (χ0v) is 8.84. The average molecular weight is 234 g/mol. The fraction of sp³-hybridized carbons (Fsp3) is 0.250. The molecule has 0 aliphatic heterocycles. The van der Waals surface area contributed by atoms with E-state index in [4.69, 9.17) is 11.5 Å². The zero-order chi connectivity index (χ0) is 11.6. The van der Waals surface area contributed by atoms with Crippen LogP contribution in [0.3, 0.4) is 0 Å². The van der Waals surface area contributed by atoms with Gasteiger partial charge in [-0.25, -0.2) is 0 Å². The van der Waals surface area contributed by atoms with E-state index in [1.165, 1.54) is 6.07 Å². The number of nitrogens with two attached hydrogens (primary N) is 2. The summed E-state index contributed by atoms with van der Waals surface area (Å²) in [6.45, 7) is 1.74. The van der Waals surface area contributed by atoms with Gasteiger partial charge >= 0.3 is 10.5 Å². The molecule has 0 saturated heterocycles. The van der Waals surface area contributed by atoms with Crippen LogP contribution in [0.4, 0.5) is 9.57 Å². The lowest BCUT2D eigenvalue weighted by molar-refractivity contribution is 0.438. The molecule has 1 rings (SSSR count). The van der Waals surface area contributed by atoms with Crippen molar-refractivity contribution in [3.05, 3.63) is 23.3 Å². The van der Waals surface area contributed by atoms with Crippen molar-refractivity contribution < 1.29 is 16.5 Å². The van der Waals surface area contributed by atoms with Gasteiger partial charge in [0.25, 0.3) is 0 Å². The molecule has 5 nitrogen and oxygen atoms in total. The molecule has 84 valence electrons. The number of rotatable bonds is 3. The molecule has 1 aromatic carbocycles. The number of hydrogen-bond acceptors (Lipinski definition) is 5. The van der Waals surface area contributed by atoms with Crippen LogP contribution >= 0.6 is 0 Å². The fourth-order valence-corrected chi connectivity index (χ4v) is 1.56. The maximum atomic E-state index is 12.3. The van der Waals surface area contributed by atoms with Crippen molar-refractivity contribution in [3.8, 4) is 5.75 Å². The van der Waals surface area contributed by atoms with Gasteiger partial charge in [0.1, 0.15) is 0 Å². The molecule has 0 fully saturated rings. The summed E-state index contributed by atoms with van der Waals surface area (Å²) in [6.07, 6.45) is 0. The van der Waals surface area contributed by atoms with Gasteiger partial charge in [-0.2, -0.15) is 8.42 Å². The van der Waals surface area contributed by atoms with Gasteiger partial charge in [0.15, 0.2) is 5.75 Å². The van der Waals surface area contributed by atoms with E-state index >= 15 is 0 Å². The minimum atomic E-state index is -5.04. The van der Waals surface area contributed by atoms with Crippen molar-refractivity contribution in [1.82, 2.24) is 0 Å². The van der Waals surface area contributed by atoms with Gasteiger partial charge in [0.2, 0.25) is 0 Å². The van der Waals surface area contributed by atoms with Crippen LogP contribution in [0.2, 0.25) is 0 Å². The van der Waals surface area contributed by atoms with Gasteiger partial charge in [0.05, 0.1) is 0 Å². The van der Waals surface area contributed by atoms with E-state index in [1.54, 1.807) is 13.0 Å². The third kappa shape index (κ3) is 3.07. The summed E-state index contributed by atoms with van der Waals surface area (Å²) in [5.74, 6) is -0.141. The highest BCUT2D eigenvalue weighted by atomic mass is 32.3. The van der Waals surface area contributed by atoms with E-state index in [-0.39, 0.29) is 18.0 Å². The standard InChI is InChI=1S/C8H11FN2O3S/c1-5-6(4-10)2-7(11)3-8(5)14-15(9,12)13/h2-3H,4,10-11H2,1H3. The maximum Gasteiger partial charge on any atom is 0.488 e. The molecule has 4 N–H and O–H groups in total. The number of halogens is 1. The smallest absolute Gasteiger partial charge is 0.399 e. The number of anilines is 1. The summed E-state index contributed by atoms with van der Waals surface area (Å²) in [6, 6.07) is 2.80. The van der Waals surface area contributed by atoms with E-state index in [0.717, 1.165) is 0 Å². The molecule has 0 bridgehead atoms. The molecule has 0 aliphatic rings. The lowest BCUT2D eigenvalue weighted by Crippen LogP contribution is -2.07. The van der Waals surface area contributed by atoms with Gasteiger partial charge in [-0.15, -0.1) is 0 Å². The minimum absolute atomic E-state index is 0.141. The van der Waals surface area contributed by atoms with Gasteiger partial charge in [-0.3, -0.25) is 0 Å². The third-order valence-electron chi connectivity index (χ3n) is 1.90. The Morgan fingerprint density at radius 3 is 2.53 bits per heavy atom. The van der Waals surface area contributed by atoms with E-state index in [2.05, 4.69) is 4.18 Å². The summed E-state index contributed by atoms with van der Waals surface area (Å²) in [5, 5.41) is 0. The second-order valence-electron chi connectivity index (χ2n) is 2.98. The summed E-state index contributed by atoms with van der Waals surface area (Å²) in [7, 11) is -5.04. The molecule has 1 aromatic rings. The molecule has 0 spiro atoms. The van der Waals surface area contributed by atoms with Crippen LogP contribution in [-0.4, -0.2) is 8.42 Å². The van der Waals surface area contributed by atoms with Crippen LogP contribution in [0.15, 0.2) is 12.1 Å². The number of nitrogen functional groups attached to an aromatic ring is 1. The third-order valence-corrected chi connectivity index (χ3v) is 2.28. The van der Waals surface area contributed by atoms with Crippen LogP contribution in [0.25, 0.3) is 0 Å². The molecular formula is C8H11FN2O3S. The van der Waals surface area contributed by atoms with Crippen molar-refractivity contribution >= 4 is 16.2 Å². The Labute approximate surface area is 87.3 Å². The molecule has 0 aromatic heterocycles. The van der Waals surface area contributed by atoms with Gasteiger partial charge in [-0.05, 0) is 24.1 Å². The van der Waals surface area contributed by atoms with Crippen molar-refractivity contribution in [2.75, 3.05) is 5.73 Å². The molecule has 0 unspecified atom stereocenters. The Balaban J connectivity index is 3.24. The highest BCUT2D eigenvalue weighted by molar-refractivity contribution is 7.81. The first-order valence-electron chi connectivity index (χ1n) is 4.06. The Hall–Kier alpha value is -1.34. The highest BCUT2D eigenvalue weighted by Gasteiger charge is 2.14. The van der Waals surface area contributed by atoms with Crippen molar-refractivity contribution in [2.24, 2.45) is 5.73 Å². The van der Waals surface area contributed by atoms with Gasteiger partial charge < -0.3 is 15.7 Å². The predicted octanol–water partition coefficient (Wildman–Crippen LogP) is 0.629. The summed E-state index contributed by atoms with van der Waals surface area (Å²) >= 11 is 0. The first kappa shape index (κ1) is 11.7. The second-order valence-corrected chi connectivity index (χ2v) is 3.94. The minimum Gasteiger partial charge on any atom is -0.399 e. The molecular weight excluding hydrogens is 223 g/mol. The molecule has 0 aliphatic carbocycles. The number of benzene rings is 1. The van der Waals surface area contributed by atoms with Crippen molar-refractivity contribution in [1.29, 1.82) is 0 Å². The van der Waals surface area contributed by atoms with Crippen LogP contribution in [0.5, 0.6) is 5.75 Å². The van der Waals surface area contributed by atoms with Gasteiger partial charge in [0, 0.05) is 18.3 Å². The van der Waals surface area contributed by atoms with Crippen LogP contribution < -0.4 is 15.7 Å². The van der Waals surface area contributed by atoms with E-state index in [1.807, 2.05) is 0 Å². The summed E-state index contributed by atoms with van der Waals surface area (Å²) in [5.41, 5.74) is 12.2. The molecule has 0 heterocycles.